The molecule has 32 heavy (non-hydrogen) atoms. The molecule has 172 valence electrons. The number of sulfone groups is 1. The van der Waals surface area contributed by atoms with E-state index < -0.39 is 28.1 Å². The summed E-state index contributed by atoms with van der Waals surface area (Å²) < 4.78 is 52.5. The van der Waals surface area contributed by atoms with Crippen LogP contribution in [0.15, 0.2) is 52.4 Å². The van der Waals surface area contributed by atoms with E-state index in [9.17, 15) is 22.0 Å². The molecule has 2 saturated carbocycles. The molecule has 1 aromatic heterocycles. The van der Waals surface area contributed by atoms with Crippen molar-refractivity contribution in [3.8, 4) is 0 Å². The van der Waals surface area contributed by atoms with E-state index in [0.717, 1.165) is 4.90 Å². The van der Waals surface area contributed by atoms with Gasteiger partial charge < -0.3 is 5.32 Å². The smallest absolute Gasteiger partial charge is 0.233 e. The molecule has 0 radical (unpaired) electrons. The number of rotatable bonds is 8. The Morgan fingerprint density at radius 1 is 1.12 bits per heavy atom. The second kappa shape index (κ2) is 9.47. The molecule has 0 aliphatic heterocycles. The fourth-order valence-corrected chi connectivity index (χ4v) is 6.22. The van der Waals surface area contributed by atoms with Crippen molar-refractivity contribution < 1.29 is 22.0 Å². The number of thioether (sulfide) groups is 1. The number of hydrogen-bond donors (Lipinski definition) is 1. The molecular weight excluding hydrogens is 454 g/mol. The van der Waals surface area contributed by atoms with Crippen LogP contribution in [0.4, 0.5) is 14.6 Å². The molecule has 4 atom stereocenters. The summed E-state index contributed by atoms with van der Waals surface area (Å²) in [4.78, 5) is 18.6. The first-order valence-electron chi connectivity index (χ1n) is 10.7. The lowest BCUT2D eigenvalue weighted by molar-refractivity contribution is -0.118. The second-order valence-electron chi connectivity index (χ2n) is 8.54. The molecule has 1 aromatic carbocycles. The SMILES string of the molecule is CSc1ccc(NC(=O)[C@H](CC2C[C@@H](F)[C@@H](F)C2)c2ccc(S(=O)(=O)C3CC3)cc2)nc1. The van der Waals surface area contributed by atoms with E-state index in [1.807, 2.05) is 12.3 Å². The molecule has 4 rings (SSSR count). The normalized spacial score (nSPS) is 24.3. The molecular formula is C23H26F2N2O3S2. The molecule has 2 aliphatic rings. The van der Waals surface area contributed by atoms with E-state index in [4.69, 9.17) is 0 Å². The van der Waals surface area contributed by atoms with Crippen molar-refractivity contribution in [2.24, 2.45) is 5.92 Å². The molecule has 2 aromatic rings. The van der Waals surface area contributed by atoms with Gasteiger partial charge in [-0.3, -0.25) is 4.79 Å². The van der Waals surface area contributed by atoms with Gasteiger partial charge in [-0.2, -0.15) is 0 Å². The summed E-state index contributed by atoms with van der Waals surface area (Å²) in [6, 6.07) is 9.88. The standard InChI is InChI=1S/C23H26F2N2O3S2/c1-31-16-4-9-22(26-13-16)27-23(28)19(10-14-11-20(24)21(25)12-14)15-2-5-17(6-3-15)32(29,30)18-7-8-18/h2-6,9,13-14,18-21H,7-8,10-12H2,1H3,(H,26,27,28)/t14?,19-,20-,21+/m1/s1. The number of aromatic nitrogens is 1. The molecule has 9 heteroatoms. The Bertz CT molecular complexity index is 1050. The number of halogens is 2. The van der Waals surface area contributed by atoms with Crippen LogP contribution in [0.5, 0.6) is 0 Å². The highest BCUT2D eigenvalue weighted by Gasteiger charge is 2.38. The summed E-state index contributed by atoms with van der Waals surface area (Å²) >= 11 is 1.54. The van der Waals surface area contributed by atoms with Gasteiger partial charge in [0.1, 0.15) is 18.2 Å². The van der Waals surface area contributed by atoms with Crippen LogP contribution < -0.4 is 5.32 Å². The van der Waals surface area contributed by atoms with Gasteiger partial charge in [0.2, 0.25) is 5.91 Å². The maximum absolute atomic E-state index is 13.8. The number of carbonyl (C=O) groups excluding carboxylic acids is 1. The fourth-order valence-electron chi connectivity index (χ4n) is 4.20. The summed E-state index contributed by atoms with van der Waals surface area (Å²) in [7, 11) is -3.33. The number of benzene rings is 1. The van der Waals surface area contributed by atoms with Gasteiger partial charge in [-0.1, -0.05) is 12.1 Å². The number of carbonyl (C=O) groups is 1. The van der Waals surface area contributed by atoms with Crippen molar-refractivity contribution in [2.75, 3.05) is 11.6 Å². The van der Waals surface area contributed by atoms with E-state index in [1.54, 1.807) is 24.4 Å². The van der Waals surface area contributed by atoms with Crippen molar-refractivity contribution in [2.45, 2.75) is 65.4 Å². The van der Waals surface area contributed by atoms with Gasteiger partial charge in [-0.25, -0.2) is 22.2 Å². The minimum Gasteiger partial charge on any atom is -0.310 e. The van der Waals surface area contributed by atoms with Crippen LogP contribution in [0.1, 0.15) is 43.6 Å². The van der Waals surface area contributed by atoms with Crippen LogP contribution in [0.25, 0.3) is 0 Å². The quantitative estimate of drug-likeness (QED) is 0.542. The molecule has 1 amide bonds. The maximum atomic E-state index is 13.8. The number of hydrogen-bond acceptors (Lipinski definition) is 5. The van der Waals surface area contributed by atoms with Gasteiger partial charge in [0.25, 0.3) is 0 Å². The van der Waals surface area contributed by atoms with Crippen molar-refractivity contribution >= 4 is 33.3 Å². The highest BCUT2D eigenvalue weighted by Crippen LogP contribution is 2.39. The molecule has 1 heterocycles. The van der Waals surface area contributed by atoms with Gasteiger partial charge in [-0.05, 0) is 74.1 Å². The van der Waals surface area contributed by atoms with E-state index in [1.165, 1.54) is 23.9 Å². The first kappa shape index (κ1) is 23.2. The topological polar surface area (TPSA) is 76.1 Å². The average molecular weight is 481 g/mol. The highest BCUT2D eigenvalue weighted by atomic mass is 32.2. The van der Waals surface area contributed by atoms with Crippen molar-refractivity contribution in [1.82, 2.24) is 4.98 Å². The van der Waals surface area contributed by atoms with Gasteiger partial charge in [0, 0.05) is 11.1 Å². The molecule has 1 unspecified atom stereocenters. The first-order chi connectivity index (χ1) is 15.3. The van der Waals surface area contributed by atoms with E-state index in [0.29, 0.717) is 24.2 Å². The van der Waals surface area contributed by atoms with Crippen LogP contribution in [0, 0.1) is 5.92 Å². The van der Waals surface area contributed by atoms with Crippen molar-refractivity contribution in [3.05, 3.63) is 48.2 Å². The molecule has 0 saturated heterocycles. The monoisotopic (exact) mass is 480 g/mol. The van der Waals surface area contributed by atoms with Crippen LogP contribution in [-0.4, -0.2) is 43.2 Å². The largest absolute Gasteiger partial charge is 0.310 e. The number of nitrogens with one attached hydrogen (secondary N) is 1. The van der Waals surface area contributed by atoms with Gasteiger partial charge >= 0.3 is 0 Å². The van der Waals surface area contributed by atoms with Gasteiger partial charge in [0.15, 0.2) is 9.84 Å². The molecule has 0 bridgehead atoms. The number of nitrogens with zero attached hydrogens (tertiary/aromatic N) is 1. The third-order valence-corrected chi connectivity index (χ3v) is 9.18. The van der Waals surface area contributed by atoms with Crippen molar-refractivity contribution in [1.29, 1.82) is 0 Å². The highest BCUT2D eigenvalue weighted by molar-refractivity contribution is 7.98. The fraction of sp³-hybridized carbons (Fsp3) is 0.478. The van der Waals surface area contributed by atoms with E-state index in [-0.39, 0.29) is 41.2 Å². The Morgan fingerprint density at radius 2 is 1.78 bits per heavy atom. The summed E-state index contributed by atoms with van der Waals surface area (Å²) in [5, 5.41) is 2.48. The molecule has 2 fully saturated rings. The zero-order valence-electron chi connectivity index (χ0n) is 17.7. The molecule has 2 aliphatic carbocycles. The van der Waals surface area contributed by atoms with E-state index in [2.05, 4.69) is 10.3 Å². The average Bonchev–Trinajstić information content (AvgIpc) is 3.59. The maximum Gasteiger partial charge on any atom is 0.233 e. The minimum absolute atomic E-state index is 0.0831. The van der Waals surface area contributed by atoms with Crippen LogP contribution in [-0.2, 0) is 14.6 Å². The van der Waals surface area contributed by atoms with Crippen molar-refractivity contribution in [3.63, 3.8) is 0 Å². The van der Waals surface area contributed by atoms with Gasteiger partial charge in [0.05, 0.1) is 16.1 Å². The molecule has 0 spiro atoms. The number of amides is 1. The number of pyridine rings is 1. The third kappa shape index (κ3) is 5.14. The van der Waals surface area contributed by atoms with Gasteiger partial charge in [-0.15, -0.1) is 11.8 Å². The summed E-state index contributed by atoms with van der Waals surface area (Å²) in [6.45, 7) is 0. The summed E-state index contributed by atoms with van der Waals surface area (Å²) in [5.74, 6) is -0.872. The van der Waals surface area contributed by atoms with Crippen LogP contribution in [0.2, 0.25) is 0 Å². The molecule has 1 N–H and O–H groups in total. The Labute approximate surface area is 191 Å². The predicted octanol–water partition coefficient (Wildman–Crippen LogP) is 4.94. The summed E-state index contributed by atoms with van der Waals surface area (Å²) in [5.41, 5.74) is 0.621. The van der Waals surface area contributed by atoms with E-state index >= 15 is 0 Å². The van der Waals surface area contributed by atoms with Crippen LogP contribution in [0.3, 0.4) is 0 Å². The Morgan fingerprint density at radius 3 is 2.31 bits per heavy atom. The lowest BCUT2D eigenvalue weighted by Crippen LogP contribution is -2.24. The number of anilines is 1. The molecule has 5 nitrogen and oxygen atoms in total. The second-order valence-corrected chi connectivity index (χ2v) is 11.7. The third-order valence-electron chi connectivity index (χ3n) is 6.19. The predicted molar refractivity (Wildman–Crippen MR) is 121 cm³/mol. The zero-order valence-corrected chi connectivity index (χ0v) is 19.3. The summed E-state index contributed by atoms with van der Waals surface area (Å²) in [6.07, 6.45) is 2.37. The lowest BCUT2D eigenvalue weighted by atomic mass is 9.87. The number of alkyl halides is 2. The Hall–Kier alpha value is -2.00. The lowest BCUT2D eigenvalue weighted by Gasteiger charge is -2.21. The Balaban J connectivity index is 1.55. The van der Waals surface area contributed by atoms with Crippen LogP contribution >= 0.6 is 11.8 Å². The Kier molecular flexibility index (Phi) is 6.86. The minimum atomic E-state index is -3.33. The zero-order chi connectivity index (χ0) is 22.9. The first-order valence-corrected chi connectivity index (χ1v) is 13.5.